The van der Waals surface area contributed by atoms with Gasteiger partial charge in [0.05, 0.1) is 22.9 Å². The molecule has 0 aliphatic carbocycles. The number of nitrogen functional groups attached to an aromatic ring is 1. The summed E-state index contributed by atoms with van der Waals surface area (Å²) >= 11 is 1.45. The number of nitrogens with two attached hydrogens (primary N) is 1. The number of ether oxygens (including phenoxy) is 3. The fraction of sp³-hybridized carbons (Fsp3) is 0.562. The zero-order chi connectivity index (χ0) is 18.6. The topological polar surface area (TPSA) is 109 Å². The van der Waals surface area contributed by atoms with E-state index < -0.39 is 30.2 Å². The van der Waals surface area contributed by atoms with Crippen LogP contribution in [0.1, 0.15) is 24.8 Å². The van der Waals surface area contributed by atoms with Crippen LogP contribution >= 0.6 is 11.3 Å². The second-order valence-corrected chi connectivity index (χ2v) is 7.59. The molecule has 4 rings (SSSR count). The van der Waals surface area contributed by atoms with Gasteiger partial charge in [-0.3, -0.25) is 9.63 Å². The van der Waals surface area contributed by atoms with Crippen molar-refractivity contribution in [1.29, 1.82) is 0 Å². The van der Waals surface area contributed by atoms with Crippen molar-refractivity contribution in [2.24, 2.45) is 0 Å². The lowest BCUT2D eigenvalue weighted by molar-refractivity contribution is -0.205. The minimum atomic E-state index is -0.840. The molecule has 0 radical (unpaired) electrons. The van der Waals surface area contributed by atoms with Crippen molar-refractivity contribution in [3.05, 3.63) is 16.6 Å². The van der Waals surface area contributed by atoms with E-state index in [0.717, 1.165) is 15.3 Å². The van der Waals surface area contributed by atoms with Gasteiger partial charge in [-0.15, -0.1) is 11.3 Å². The molecule has 10 heteroatoms. The molecular weight excluding hydrogens is 360 g/mol. The fourth-order valence-electron chi connectivity index (χ4n) is 3.38. The van der Waals surface area contributed by atoms with Crippen LogP contribution in [0, 0.1) is 0 Å². The molecule has 0 unspecified atom stereocenters. The van der Waals surface area contributed by atoms with Crippen molar-refractivity contribution in [2.75, 3.05) is 19.9 Å². The lowest BCUT2D eigenvalue weighted by Crippen LogP contribution is -2.43. The number of hydrogen-bond donors (Lipinski definition) is 1. The van der Waals surface area contributed by atoms with Gasteiger partial charge in [-0.2, -0.15) is 0 Å². The standard InChI is InChI=1S/C16H20N4O5S/c1-16(2)24-9-10(25-16)12(15(21)20(3)22-4)23-11(9)13-8-7(5-26-13)14(17)19-6-18-8/h5-6,9-12H,1-4H3,(H2,17,18,19)/t9-,10+,11-,12+/m1/s1. The van der Waals surface area contributed by atoms with Crippen molar-refractivity contribution in [3.8, 4) is 0 Å². The van der Waals surface area contributed by atoms with E-state index in [9.17, 15) is 4.79 Å². The fourth-order valence-corrected chi connectivity index (χ4v) is 4.45. The second kappa shape index (κ2) is 6.10. The summed E-state index contributed by atoms with van der Waals surface area (Å²) in [5, 5.41) is 3.77. The van der Waals surface area contributed by atoms with E-state index in [1.54, 1.807) is 0 Å². The zero-order valence-electron chi connectivity index (χ0n) is 14.8. The summed E-state index contributed by atoms with van der Waals surface area (Å²) < 4.78 is 18.1. The van der Waals surface area contributed by atoms with E-state index in [2.05, 4.69) is 9.97 Å². The Morgan fingerprint density at radius 1 is 1.35 bits per heavy atom. The zero-order valence-corrected chi connectivity index (χ0v) is 15.6. The largest absolute Gasteiger partial charge is 0.383 e. The number of rotatable bonds is 3. The minimum Gasteiger partial charge on any atom is -0.383 e. The molecule has 2 aromatic heterocycles. The van der Waals surface area contributed by atoms with Crippen LogP contribution in [-0.2, 0) is 23.8 Å². The molecule has 0 bridgehead atoms. The normalized spacial score (nSPS) is 29.8. The first-order chi connectivity index (χ1) is 12.3. The number of amides is 1. The summed E-state index contributed by atoms with van der Waals surface area (Å²) in [7, 11) is 2.95. The van der Waals surface area contributed by atoms with Crippen LogP contribution in [0.2, 0.25) is 0 Å². The third kappa shape index (κ3) is 2.65. The van der Waals surface area contributed by atoms with E-state index in [-0.39, 0.29) is 5.91 Å². The summed E-state index contributed by atoms with van der Waals surface area (Å²) in [5.41, 5.74) is 6.63. The predicted molar refractivity (Wildman–Crippen MR) is 93.0 cm³/mol. The Bertz CT molecular complexity index is 856. The van der Waals surface area contributed by atoms with E-state index in [4.69, 9.17) is 24.8 Å². The molecule has 1 amide bonds. The molecule has 2 aromatic rings. The maximum atomic E-state index is 12.7. The molecule has 2 fully saturated rings. The van der Waals surface area contributed by atoms with Gasteiger partial charge in [0.25, 0.3) is 5.91 Å². The van der Waals surface area contributed by atoms with Crippen molar-refractivity contribution >= 4 is 34.0 Å². The summed E-state index contributed by atoms with van der Waals surface area (Å²) in [5.74, 6) is -0.744. The van der Waals surface area contributed by atoms with Crippen LogP contribution in [0.3, 0.4) is 0 Å². The third-order valence-corrected chi connectivity index (χ3v) is 5.62. The SMILES string of the molecule is CON(C)C(=O)[C@H]1O[C@@H](c2scc3c(N)ncnc23)[C@@H]2OC(C)(C)O[C@@H]21. The average Bonchev–Trinajstić information content (AvgIpc) is 3.24. The number of nitrogens with zero attached hydrogens (tertiary/aromatic N) is 3. The number of aromatic nitrogens is 2. The number of fused-ring (bicyclic) bond motifs is 2. The van der Waals surface area contributed by atoms with E-state index in [0.29, 0.717) is 11.3 Å². The van der Waals surface area contributed by atoms with Crippen LogP contribution in [0.15, 0.2) is 11.7 Å². The summed E-state index contributed by atoms with van der Waals surface area (Å²) in [4.78, 5) is 26.9. The first kappa shape index (κ1) is 17.6. The number of carbonyl (C=O) groups is 1. The Morgan fingerprint density at radius 2 is 2.08 bits per heavy atom. The van der Waals surface area contributed by atoms with Gasteiger partial charge in [0, 0.05) is 12.4 Å². The van der Waals surface area contributed by atoms with Gasteiger partial charge >= 0.3 is 0 Å². The molecule has 0 saturated carbocycles. The Balaban J connectivity index is 1.74. The number of hydroxylamine groups is 2. The van der Waals surface area contributed by atoms with Crippen LogP contribution in [0.5, 0.6) is 0 Å². The molecular formula is C16H20N4O5S. The number of likely N-dealkylation sites (N-methyl/N-ethyl adjacent to an activating group) is 1. The van der Waals surface area contributed by atoms with Crippen molar-refractivity contribution in [2.45, 2.75) is 44.1 Å². The van der Waals surface area contributed by atoms with Crippen LogP contribution in [0.25, 0.3) is 10.9 Å². The molecule has 2 N–H and O–H groups in total. The second-order valence-electron chi connectivity index (χ2n) is 6.68. The summed E-state index contributed by atoms with van der Waals surface area (Å²) in [6.45, 7) is 3.63. The van der Waals surface area contributed by atoms with Gasteiger partial charge < -0.3 is 19.9 Å². The smallest absolute Gasteiger partial charge is 0.277 e. The van der Waals surface area contributed by atoms with E-state index in [1.165, 1.54) is 31.8 Å². The van der Waals surface area contributed by atoms with Gasteiger partial charge in [0.2, 0.25) is 0 Å². The highest BCUT2D eigenvalue weighted by molar-refractivity contribution is 7.11. The first-order valence-corrected chi connectivity index (χ1v) is 9.00. The van der Waals surface area contributed by atoms with Crippen molar-refractivity contribution < 1.29 is 23.8 Å². The third-order valence-electron chi connectivity index (χ3n) is 4.59. The lowest BCUT2D eigenvalue weighted by atomic mass is 10.1. The lowest BCUT2D eigenvalue weighted by Gasteiger charge is -2.25. The molecule has 2 aliphatic heterocycles. The summed E-state index contributed by atoms with van der Waals surface area (Å²) in [6, 6.07) is 0. The highest BCUT2D eigenvalue weighted by atomic mass is 32.1. The quantitative estimate of drug-likeness (QED) is 0.793. The molecule has 0 aromatic carbocycles. The van der Waals surface area contributed by atoms with Gasteiger partial charge in [-0.25, -0.2) is 15.0 Å². The van der Waals surface area contributed by atoms with Crippen molar-refractivity contribution in [3.63, 3.8) is 0 Å². The van der Waals surface area contributed by atoms with Gasteiger partial charge in [0.1, 0.15) is 30.5 Å². The van der Waals surface area contributed by atoms with E-state index >= 15 is 0 Å². The molecule has 4 heterocycles. The van der Waals surface area contributed by atoms with Gasteiger partial charge in [-0.05, 0) is 13.8 Å². The maximum absolute atomic E-state index is 12.7. The van der Waals surface area contributed by atoms with Crippen LogP contribution in [0.4, 0.5) is 5.82 Å². The molecule has 2 saturated heterocycles. The molecule has 0 spiro atoms. The molecule has 140 valence electrons. The van der Waals surface area contributed by atoms with Gasteiger partial charge in [-0.1, -0.05) is 0 Å². The predicted octanol–water partition coefficient (Wildman–Crippen LogP) is 1.25. The number of carbonyl (C=O) groups excluding carboxylic acids is 1. The van der Waals surface area contributed by atoms with Crippen LogP contribution in [-0.4, -0.2) is 59.2 Å². The molecule has 9 nitrogen and oxygen atoms in total. The van der Waals surface area contributed by atoms with Crippen molar-refractivity contribution in [1.82, 2.24) is 15.0 Å². The Kier molecular flexibility index (Phi) is 4.12. The average molecular weight is 380 g/mol. The highest BCUT2D eigenvalue weighted by Crippen LogP contribution is 2.48. The number of hydrogen-bond acceptors (Lipinski definition) is 9. The molecule has 26 heavy (non-hydrogen) atoms. The monoisotopic (exact) mass is 380 g/mol. The Morgan fingerprint density at radius 3 is 2.81 bits per heavy atom. The Hall–Kier alpha value is -1.85. The minimum absolute atomic E-state index is 0.332. The van der Waals surface area contributed by atoms with Crippen LogP contribution < -0.4 is 5.73 Å². The maximum Gasteiger partial charge on any atom is 0.277 e. The highest BCUT2D eigenvalue weighted by Gasteiger charge is 2.59. The molecule has 4 atom stereocenters. The first-order valence-electron chi connectivity index (χ1n) is 8.12. The number of anilines is 1. The van der Waals surface area contributed by atoms with Gasteiger partial charge in [0.15, 0.2) is 11.9 Å². The Labute approximate surface area is 153 Å². The molecule has 2 aliphatic rings. The van der Waals surface area contributed by atoms with E-state index in [1.807, 2.05) is 19.2 Å². The summed E-state index contributed by atoms with van der Waals surface area (Å²) in [6.07, 6.45) is -0.915. The number of thiophene rings is 1.